The first kappa shape index (κ1) is 18.6. The Hall–Kier alpha value is -3.19. The molecule has 140 valence electrons. The molecule has 0 aliphatic heterocycles. The number of carbonyl (C=O) groups is 1. The standard InChI is InChI=1S/C20H23N5O2/c1-15(16-8-10-17(11-9-16)25-14-21-13-22-25)24(2)12-20(26)23-18-6-4-5-7-19(18)27-3/h4-11,13-15H,12H2,1-3H3,(H,23,26)/t15-/m1/s1. The summed E-state index contributed by atoms with van der Waals surface area (Å²) in [5.41, 5.74) is 2.73. The molecule has 1 aromatic heterocycles. The van der Waals surface area contributed by atoms with Crippen molar-refractivity contribution in [3.05, 3.63) is 66.7 Å². The van der Waals surface area contributed by atoms with Gasteiger partial charge in [-0.2, -0.15) is 5.10 Å². The second-order valence-electron chi connectivity index (χ2n) is 6.27. The van der Waals surface area contributed by atoms with E-state index in [1.807, 2.05) is 60.5 Å². The Morgan fingerprint density at radius 3 is 2.63 bits per heavy atom. The van der Waals surface area contributed by atoms with Gasteiger partial charge in [0.15, 0.2) is 0 Å². The third-order valence-corrected chi connectivity index (χ3v) is 4.49. The van der Waals surface area contributed by atoms with Crippen LogP contribution in [0.4, 0.5) is 5.69 Å². The lowest BCUT2D eigenvalue weighted by Crippen LogP contribution is -2.32. The lowest BCUT2D eigenvalue weighted by atomic mass is 10.1. The number of amides is 1. The van der Waals surface area contributed by atoms with Crippen molar-refractivity contribution in [2.75, 3.05) is 26.0 Å². The SMILES string of the molecule is COc1ccccc1NC(=O)CN(C)[C@H](C)c1ccc(-n2cncn2)cc1. The van der Waals surface area contributed by atoms with Crippen molar-refractivity contribution in [3.8, 4) is 11.4 Å². The summed E-state index contributed by atoms with van der Waals surface area (Å²) in [7, 11) is 3.51. The number of aromatic nitrogens is 3. The van der Waals surface area contributed by atoms with Crippen LogP contribution in [0, 0.1) is 0 Å². The van der Waals surface area contributed by atoms with Crippen LogP contribution in [0.1, 0.15) is 18.5 Å². The van der Waals surface area contributed by atoms with E-state index in [-0.39, 0.29) is 18.5 Å². The Kier molecular flexibility index (Phi) is 5.83. The second-order valence-corrected chi connectivity index (χ2v) is 6.27. The fourth-order valence-corrected chi connectivity index (χ4v) is 2.80. The Bertz CT molecular complexity index is 878. The molecule has 0 saturated carbocycles. The summed E-state index contributed by atoms with van der Waals surface area (Å²) < 4.78 is 6.98. The number of anilines is 1. The van der Waals surface area contributed by atoms with E-state index in [4.69, 9.17) is 4.74 Å². The minimum absolute atomic E-state index is 0.0817. The van der Waals surface area contributed by atoms with Crippen LogP contribution in [0.3, 0.4) is 0 Å². The second kappa shape index (κ2) is 8.46. The molecule has 7 nitrogen and oxygen atoms in total. The van der Waals surface area contributed by atoms with Gasteiger partial charge in [-0.15, -0.1) is 0 Å². The summed E-state index contributed by atoms with van der Waals surface area (Å²) >= 11 is 0. The van der Waals surface area contributed by atoms with E-state index < -0.39 is 0 Å². The normalized spacial score (nSPS) is 12.0. The van der Waals surface area contributed by atoms with E-state index in [1.54, 1.807) is 18.1 Å². The Labute approximate surface area is 158 Å². The highest BCUT2D eigenvalue weighted by Gasteiger charge is 2.16. The number of hydrogen-bond acceptors (Lipinski definition) is 5. The van der Waals surface area contributed by atoms with Crippen molar-refractivity contribution < 1.29 is 9.53 Å². The minimum atomic E-state index is -0.0897. The molecule has 3 aromatic rings. The summed E-state index contributed by atoms with van der Waals surface area (Å²) in [6.07, 6.45) is 3.16. The number of methoxy groups -OCH3 is 1. The van der Waals surface area contributed by atoms with Crippen LogP contribution < -0.4 is 10.1 Å². The summed E-state index contributed by atoms with van der Waals surface area (Å²) in [5.74, 6) is 0.554. The smallest absolute Gasteiger partial charge is 0.238 e. The minimum Gasteiger partial charge on any atom is -0.495 e. The van der Waals surface area contributed by atoms with Gasteiger partial charge in [-0.3, -0.25) is 9.69 Å². The fraction of sp³-hybridized carbons (Fsp3) is 0.250. The first-order valence-electron chi connectivity index (χ1n) is 8.66. The van der Waals surface area contributed by atoms with Gasteiger partial charge in [-0.25, -0.2) is 9.67 Å². The van der Waals surface area contributed by atoms with Crippen LogP contribution in [0.25, 0.3) is 5.69 Å². The average Bonchev–Trinajstić information content (AvgIpc) is 3.22. The highest BCUT2D eigenvalue weighted by Crippen LogP contribution is 2.24. The summed E-state index contributed by atoms with van der Waals surface area (Å²) in [6.45, 7) is 2.34. The first-order valence-corrected chi connectivity index (χ1v) is 8.66. The van der Waals surface area contributed by atoms with Gasteiger partial charge in [0.25, 0.3) is 0 Å². The zero-order valence-corrected chi connectivity index (χ0v) is 15.7. The van der Waals surface area contributed by atoms with Gasteiger partial charge >= 0.3 is 0 Å². The van der Waals surface area contributed by atoms with Gasteiger partial charge in [-0.1, -0.05) is 24.3 Å². The van der Waals surface area contributed by atoms with Crippen LogP contribution in [-0.2, 0) is 4.79 Å². The lowest BCUT2D eigenvalue weighted by molar-refractivity contribution is -0.117. The molecule has 1 N–H and O–H groups in total. The van der Waals surface area contributed by atoms with Gasteiger partial charge in [0, 0.05) is 6.04 Å². The number of rotatable bonds is 7. The van der Waals surface area contributed by atoms with Crippen LogP contribution in [-0.4, -0.2) is 46.3 Å². The number of ether oxygens (including phenoxy) is 1. The molecule has 7 heteroatoms. The maximum absolute atomic E-state index is 12.4. The van der Waals surface area contributed by atoms with Crippen LogP contribution in [0.15, 0.2) is 61.2 Å². The molecule has 27 heavy (non-hydrogen) atoms. The molecule has 0 radical (unpaired) electrons. The van der Waals surface area contributed by atoms with E-state index in [2.05, 4.69) is 22.3 Å². The van der Waals surface area contributed by atoms with E-state index in [0.29, 0.717) is 11.4 Å². The third kappa shape index (κ3) is 4.51. The molecular weight excluding hydrogens is 342 g/mol. The molecule has 0 fully saturated rings. The van der Waals surface area contributed by atoms with Crippen molar-refractivity contribution in [2.24, 2.45) is 0 Å². The van der Waals surface area contributed by atoms with Crippen LogP contribution >= 0.6 is 0 Å². The van der Waals surface area contributed by atoms with Gasteiger partial charge in [0.2, 0.25) is 5.91 Å². The number of benzene rings is 2. The topological polar surface area (TPSA) is 72.3 Å². The molecule has 0 unspecified atom stereocenters. The van der Waals surface area contributed by atoms with Crippen molar-refractivity contribution in [2.45, 2.75) is 13.0 Å². The average molecular weight is 365 g/mol. The van der Waals surface area contributed by atoms with E-state index >= 15 is 0 Å². The molecule has 1 heterocycles. The molecular formula is C20H23N5O2. The fourth-order valence-electron chi connectivity index (χ4n) is 2.80. The number of para-hydroxylation sites is 2. The molecule has 0 aliphatic rings. The number of carbonyl (C=O) groups excluding carboxylic acids is 1. The maximum atomic E-state index is 12.4. The number of hydrogen-bond donors (Lipinski definition) is 1. The van der Waals surface area contributed by atoms with Crippen molar-refractivity contribution >= 4 is 11.6 Å². The Morgan fingerprint density at radius 2 is 1.96 bits per heavy atom. The highest BCUT2D eigenvalue weighted by atomic mass is 16.5. The summed E-state index contributed by atoms with van der Waals surface area (Å²) in [6, 6.07) is 15.5. The molecule has 0 aliphatic carbocycles. The molecule has 1 atom stereocenters. The Balaban J connectivity index is 1.61. The van der Waals surface area contributed by atoms with E-state index in [0.717, 1.165) is 11.3 Å². The van der Waals surface area contributed by atoms with Crippen LogP contribution in [0.2, 0.25) is 0 Å². The Morgan fingerprint density at radius 1 is 1.22 bits per heavy atom. The van der Waals surface area contributed by atoms with Crippen molar-refractivity contribution in [3.63, 3.8) is 0 Å². The van der Waals surface area contributed by atoms with Crippen molar-refractivity contribution in [1.82, 2.24) is 19.7 Å². The first-order chi connectivity index (χ1) is 13.1. The maximum Gasteiger partial charge on any atom is 0.238 e. The van der Waals surface area contributed by atoms with E-state index in [9.17, 15) is 4.79 Å². The predicted molar refractivity (Wildman–Crippen MR) is 104 cm³/mol. The highest BCUT2D eigenvalue weighted by molar-refractivity contribution is 5.93. The molecule has 2 aromatic carbocycles. The van der Waals surface area contributed by atoms with Gasteiger partial charge in [0.1, 0.15) is 18.4 Å². The predicted octanol–water partition coefficient (Wildman–Crippen LogP) is 2.91. The molecule has 0 spiro atoms. The number of likely N-dealkylation sites (N-methyl/N-ethyl adjacent to an activating group) is 1. The zero-order valence-electron chi connectivity index (χ0n) is 15.7. The largest absolute Gasteiger partial charge is 0.495 e. The van der Waals surface area contributed by atoms with E-state index in [1.165, 1.54) is 6.33 Å². The van der Waals surface area contributed by atoms with Gasteiger partial charge in [-0.05, 0) is 43.8 Å². The van der Waals surface area contributed by atoms with Crippen molar-refractivity contribution in [1.29, 1.82) is 0 Å². The quantitative estimate of drug-likeness (QED) is 0.697. The monoisotopic (exact) mass is 365 g/mol. The molecule has 0 saturated heterocycles. The van der Waals surface area contributed by atoms with Crippen LogP contribution in [0.5, 0.6) is 5.75 Å². The molecule has 3 rings (SSSR count). The number of nitrogens with one attached hydrogen (secondary N) is 1. The zero-order chi connectivity index (χ0) is 19.2. The lowest BCUT2D eigenvalue weighted by Gasteiger charge is -2.24. The summed E-state index contributed by atoms with van der Waals surface area (Å²) in [5, 5.41) is 7.02. The summed E-state index contributed by atoms with van der Waals surface area (Å²) in [4.78, 5) is 18.4. The molecule has 0 bridgehead atoms. The van der Waals surface area contributed by atoms with Gasteiger partial charge in [0.05, 0.1) is 25.0 Å². The molecule has 1 amide bonds. The third-order valence-electron chi connectivity index (χ3n) is 4.49. The number of nitrogens with zero attached hydrogens (tertiary/aromatic N) is 4. The van der Waals surface area contributed by atoms with Gasteiger partial charge < -0.3 is 10.1 Å².